The Balaban J connectivity index is 3.34. The molecule has 0 aliphatic carbocycles. The molecule has 0 fully saturated rings. The van der Waals surface area contributed by atoms with Gasteiger partial charge in [0.1, 0.15) is 0 Å². The van der Waals surface area contributed by atoms with E-state index in [0.29, 0.717) is 0 Å². The highest BCUT2D eigenvalue weighted by Crippen LogP contribution is 2.06. The van der Waals surface area contributed by atoms with Crippen molar-refractivity contribution in [3.8, 4) is 0 Å². The number of halogens is 1. The highest BCUT2D eigenvalue weighted by Gasteiger charge is 2.05. The minimum absolute atomic E-state index is 0.748. The summed E-state index contributed by atoms with van der Waals surface area (Å²) in [5.41, 5.74) is 1.53. The molecule has 0 saturated carbocycles. The Labute approximate surface area is 73.6 Å². The smallest absolute Gasteiger partial charge is 0.203 e. The lowest BCUT2D eigenvalue weighted by atomic mass is 10.3. The van der Waals surface area contributed by atoms with E-state index in [0.717, 1.165) is 19.7 Å². The predicted molar refractivity (Wildman–Crippen MR) is 47.6 cm³/mol. The molecule has 3 heteroatoms. The summed E-state index contributed by atoms with van der Waals surface area (Å²) in [6.07, 6.45) is 0. The van der Waals surface area contributed by atoms with Crippen LogP contribution in [-0.2, 0) is 0 Å². The maximum Gasteiger partial charge on any atom is 0.203 e. The van der Waals surface area contributed by atoms with Crippen molar-refractivity contribution < 1.29 is 4.73 Å². The van der Waals surface area contributed by atoms with Gasteiger partial charge in [0.25, 0.3) is 0 Å². The van der Waals surface area contributed by atoms with Crippen LogP contribution in [0.15, 0.2) is 12.1 Å². The fraction of sp³-hybridized carbons (Fsp3) is 0.286. The Morgan fingerprint density at radius 1 is 1.40 bits per heavy atom. The Kier molecular flexibility index (Phi) is 2.13. The van der Waals surface area contributed by atoms with Gasteiger partial charge < -0.3 is 5.21 Å². The molecule has 0 saturated heterocycles. The maximum atomic E-state index is 11.1. The summed E-state index contributed by atoms with van der Waals surface area (Å²) in [6.45, 7) is 3.62. The van der Waals surface area contributed by atoms with E-state index in [9.17, 15) is 5.21 Å². The normalized spacial score (nSPS) is 9.90. The molecule has 1 aromatic heterocycles. The van der Waals surface area contributed by atoms with E-state index in [1.807, 2.05) is 19.1 Å². The topological polar surface area (TPSA) is 26.9 Å². The lowest BCUT2D eigenvalue weighted by molar-refractivity contribution is -0.619. The van der Waals surface area contributed by atoms with E-state index in [-0.39, 0.29) is 0 Å². The number of nitrogens with zero attached hydrogens (tertiary/aromatic N) is 1. The van der Waals surface area contributed by atoms with Crippen LogP contribution < -0.4 is 4.73 Å². The molecule has 0 aromatic carbocycles. The van der Waals surface area contributed by atoms with E-state index >= 15 is 0 Å². The van der Waals surface area contributed by atoms with Gasteiger partial charge in [-0.25, -0.2) is 0 Å². The van der Waals surface area contributed by atoms with E-state index in [2.05, 4.69) is 22.6 Å². The molecule has 0 atom stereocenters. The van der Waals surface area contributed by atoms with Gasteiger partial charge in [-0.15, -0.1) is 0 Å². The number of aryl methyl sites for hydroxylation is 1. The summed E-state index contributed by atoms with van der Waals surface area (Å²) >= 11 is 2.15. The standard InChI is InChI=1S/C7H8INO/c1-5-3-4-7(8)6(2)9(5)10/h3-4H,1-2H3. The molecular formula is C7H8INO. The van der Waals surface area contributed by atoms with Crippen LogP contribution in [0.25, 0.3) is 0 Å². The van der Waals surface area contributed by atoms with E-state index in [4.69, 9.17) is 0 Å². The van der Waals surface area contributed by atoms with Crippen molar-refractivity contribution in [3.63, 3.8) is 0 Å². The summed E-state index contributed by atoms with van der Waals surface area (Å²) in [5, 5.41) is 11.1. The fourth-order valence-corrected chi connectivity index (χ4v) is 1.14. The van der Waals surface area contributed by atoms with E-state index in [1.165, 1.54) is 0 Å². The molecule has 0 amide bonds. The quantitative estimate of drug-likeness (QED) is 0.389. The number of rotatable bonds is 0. The predicted octanol–water partition coefficient (Wildman–Crippen LogP) is 1.54. The summed E-state index contributed by atoms with van der Waals surface area (Å²) in [4.78, 5) is 0. The first kappa shape index (κ1) is 7.78. The second-order valence-corrected chi connectivity index (χ2v) is 3.36. The Bertz CT molecular complexity index is 233. The van der Waals surface area contributed by atoms with Crippen molar-refractivity contribution in [2.24, 2.45) is 0 Å². The van der Waals surface area contributed by atoms with Crippen molar-refractivity contribution in [1.29, 1.82) is 0 Å². The lowest BCUT2D eigenvalue weighted by Crippen LogP contribution is -2.34. The van der Waals surface area contributed by atoms with Gasteiger partial charge in [0.05, 0.1) is 3.57 Å². The third kappa shape index (κ3) is 1.23. The van der Waals surface area contributed by atoms with E-state index in [1.54, 1.807) is 6.92 Å². The summed E-state index contributed by atoms with van der Waals surface area (Å²) in [6, 6.07) is 3.77. The molecule has 0 aliphatic rings. The molecule has 0 radical (unpaired) electrons. The molecule has 0 unspecified atom stereocenters. The minimum Gasteiger partial charge on any atom is -0.618 e. The molecule has 0 spiro atoms. The molecular weight excluding hydrogens is 241 g/mol. The third-order valence-electron chi connectivity index (χ3n) is 1.44. The lowest BCUT2D eigenvalue weighted by Gasteiger charge is -2.03. The van der Waals surface area contributed by atoms with Gasteiger partial charge in [-0.1, -0.05) is 0 Å². The molecule has 0 N–H and O–H groups in total. The Hall–Kier alpha value is -0.320. The molecule has 0 aliphatic heterocycles. The third-order valence-corrected chi connectivity index (χ3v) is 2.58. The van der Waals surface area contributed by atoms with Crippen molar-refractivity contribution in [2.45, 2.75) is 13.8 Å². The van der Waals surface area contributed by atoms with Crippen LogP contribution in [0.1, 0.15) is 11.4 Å². The molecule has 10 heavy (non-hydrogen) atoms. The number of aromatic nitrogens is 1. The zero-order valence-corrected chi connectivity index (χ0v) is 8.05. The summed E-state index contributed by atoms with van der Waals surface area (Å²) < 4.78 is 1.96. The van der Waals surface area contributed by atoms with Crippen LogP contribution in [0.5, 0.6) is 0 Å². The highest BCUT2D eigenvalue weighted by molar-refractivity contribution is 14.1. The molecule has 2 nitrogen and oxygen atoms in total. The monoisotopic (exact) mass is 249 g/mol. The second kappa shape index (κ2) is 2.74. The average Bonchev–Trinajstić information content (AvgIpc) is 1.93. The van der Waals surface area contributed by atoms with Crippen molar-refractivity contribution in [3.05, 3.63) is 32.3 Å². The number of hydrogen-bond acceptors (Lipinski definition) is 1. The van der Waals surface area contributed by atoms with Crippen LogP contribution in [0.2, 0.25) is 0 Å². The Morgan fingerprint density at radius 2 is 2.00 bits per heavy atom. The maximum absolute atomic E-state index is 11.1. The number of pyridine rings is 1. The molecule has 0 bridgehead atoms. The summed E-state index contributed by atoms with van der Waals surface area (Å²) in [7, 11) is 0. The molecule has 1 rings (SSSR count). The van der Waals surface area contributed by atoms with Gasteiger partial charge in [0, 0.05) is 19.9 Å². The zero-order valence-electron chi connectivity index (χ0n) is 5.89. The van der Waals surface area contributed by atoms with Gasteiger partial charge in [0.15, 0.2) is 5.69 Å². The number of hydrogen-bond donors (Lipinski definition) is 0. The van der Waals surface area contributed by atoms with E-state index < -0.39 is 0 Å². The van der Waals surface area contributed by atoms with Crippen LogP contribution in [0, 0.1) is 22.6 Å². The average molecular weight is 249 g/mol. The molecule has 1 heterocycles. The van der Waals surface area contributed by atoms with Crippen LogP contribution in [0.4, 0.5) is 0 Å². The van der Waals surface area contributed by atoms with Gasteiger partial charge in [-0.2, -0.15) is 4.73 Å². The van der Waals surface area contributed by atoms with Gasteiger partial charge >= 0.3 is 0 Å². The highest BCUT2D eigenvalue weighted by atomic mass is 127. The first-order chi connectivity index (χ1) is 4.63. The second-order valence-electron chi connectivity index (χ2n) is 2.20. The minimum atomic E-state index is 0.748. The van der Waals surface area contributed by atoms with Crippen molar-refractivity contribution >= 4 is 22.6 Å². The van der Waals surface area contributed by atoms with Gasteiger partial charge in [-0.05, 0) is 28.7 Å². The zero-order chi connectivity index (χ0) is 7.72. The first-order valence-electron chi connectivity index (χ1n) is 2.98. The van der Waals surface area contributed by atoms with Gasteiger partial charge in [-0.3, -0.25) is 0 Å². The summed E-state index contributed by atoms with van der Waals surface area (Å²) in [5.74, 6) is 0. The molecule has 54 valence electrons. The Morgan fingerprint density at radius 3 is 2.50 bits per heavy atom. The van der Waals surface area contributed by atoms with Crippen molar-refractivity contribution in [1.82, 2.24) is 0 Å². The molecule has 1 aromatic rings. The first-order valence-corrected chi connectivity index (χ1v) is 4.06. The van der Waals surface area contributed by atoms with Crippen LogP contribution in [-0.4, -0.2) is 0 Å². The van der Waals surface area contributed by atoms with Crippen molar-refractivity contribution in [2.75, 3.05) is 0 Å². The largest absolute Gasteiger partial charge is 0.618 e. The van der Waals surface area contributed by atoms with Gasteiger partial charge in [0.2, 0.25) is 5.69 Å². The SMILES string of the molecule is Cc1ccc(I)c(C)[n+]1[O-]. The van der Waals surface area contributed by atoms with Crippen LogP contribution >= 0.6 is 22.6 Å². The fourth-order valence-electron chi connectivity index (χ4n) is 0.744. The van der Waals surface area contributed by atoms with Crippen LogP contribution in [0.3, 0.4) is 0 Å².